The van der Waals surface area contributed by atoms with Gasteiger partial charge in [0.2, 0.25) is 0 Å². The lowest BCUT2D eigenvalue weighted by molar-refractivity contribution is 0.127. The molecule has 1 aromatic carbocycles. The van der Waals surface area contributed by atoms with Crippen LogP contribution in [0.25, 0.3) is 0 Å². The Morgan fingerprint density at radius 3 is 2.59 bits per heavy atom. The van der Waals surface area contributed by atoms with E-state index in [1.54, 1.807) is 7.11 Å². The monoisotopic (exact) mass is 236 g/mol. The number of rotatable bonds is 8. The van der Waals surface area contributed by atoms with Gasteiger partial charge in [0.1, 0.15) is 0 Å². The molecule has 0 aliphatic heterocycles. The number of ether oxygens (including phenoxy) is 1. The van der Waals surface area contributed by atoms with Gasteiger partial charge in [-0.3, -0.25) is 4.90 Å². The highest BCUT2D eigenvalue weighted by atomic mass is 16.5. The van der Waals surface area contributed by atoms with Crippen LogP contribution < -0.4 is 5.73 Å². The molecule has 0 aliphatic rings. The van der Waals surface area contributed by atoms with Crippen LogP contribution in [0.4, 0.5) is 0 Å². The van der Waals surface area contributed by atoms with Crippen LogP contribution in [0.3, 0.4) is 0 Å². The van der Waals surface area contributed by atoms with E-state index in [9.17, 15) is 0 Å². The van der Waals surface area contributed by atoms with Gasteiger partial charge in [-0.2, -0.15) is 0 Å². The fourth-order valence-electron chi connectivity index (χ4n) is 2.04. The van der Waals surface area contributed by atoms with Crippen molar-refractivity contribution in [2.45, 2.75) is 13.5 Å². The van der Waals surface area contributed by atoms with Crippen LogP contribution in [0.1, 0.15) is 12.5 Å². The van der Waals surface area contributed by atoms with Crippen LogP contribution in [0, 0.1) is 5.92 Å². The molecule has 1 unspecified atom stereocenters. The van der Waals surface area contributed by atoms with Crippen molar-refractivity contribution >= 4 is 0 Å². The van der Waals surface area contributed by atoms with E-state index in [-0.39, 0.29) is 0 Å². The van der Waals surface area contributed by atoms with E-state index in [2.05, 4.69) is 36.1 Å². The highest BCUT2D eigenvalue weighted by Crippen LogP contribution is 2.07. The van der Waals surface area contributed by atoms with Crippen LogP contribution >= 0.6 is 0 Å². The van der Waals surface area contributed by atoms with Crippen molar-refractivity contribution in [3.8, 4) is 0 Å². The topological polar surface area (TPSA) is 38.5 Å². The van der Waals surface area contributed by atoms with Gasteiger partial charge in [-0.25, -0.2) is 0 Å². The number of nitrogens with zero attached hydrogens (tertiary/aromatic N) is 1. The molecule has 0 heterocycles. The average Bonchev–Trinajstić information content (AvgIpc) is 2.31. The predicted octanol–water partition coefficient (Wildman–Crippen LogP) is 1.73. The Morgan fingerprint density at radius 2 is 2.00 bits per heavy atom. The fraction of sp³-hybridized carbons (Fsp3) is 0.571. The van der Waals surface area contributed by atoms with Crippen molar-refractivity contribution in [1.29, 1.82) is 0 Å². The molecule has 17 heavy (non-hydrogen) atoms. The zero-order chi connectivity index (χ0) is 12.5. The molecular formula is C14H24N2O. The summed E-state index contributed by atoms with van der Waals surface area (Å²) in [7, 11) is 1.75. The first-order chi connectivity index (χ1) is 8.26. The highest BCUT2D eigenvalue weighted by molar-refractivity contribution is 5.14. The summed E-state index contributed by atoms with van der Waals surface area (Å²) < 4.78 is 5.17. The molecule has 1 rings (SSSR count). The van der Waals surface area contributed by atoms with E-state index in [0.29, 0.717) is 12.5 Å². The number of nitrogens with two attached hydrogens (primary N) is 1. The Kier molecular flexibility index (Phi) is 6.86. The van der Waals surface area contributed by atoms with Gasteiger partial charge in [0.25, 0.3) is 0 Å². The SMILES string of the molecule is COCC(C)CN(CCN)Cc1ccccc1. The molecule has 0 aliphatic carbocycles. The predicted molar refractivity (Wildman–Crippen MR) is 71.8 cm³/mol. The van der Waals surface area contributed by atoms with Crippen LogP contribution in [0.5, 0.6) is 0 Å². The number of methoxy groups -OCH3 is 1. The van der Waals surface area contributed by atoms with E-state index < -0.39 is 0 Å². The first-order valence-electron chi connectivity index (χ1n) is 6.21. The number of benzene rings is 1. The van der Waals surface area contributed by atoms with Crippen molar-refractivity contribution in [3.63, 3.8) is 0 Å². The Balaban J connectivity index is 2.48. The van der Waals surface area contributed by atoms with Crippen molar-refractivity contribution in [2.75, 3.05) is 33.4 Å². The Bertz CT molecular complexity index is 290. The van der Waals surface area contributed by atoms with E-state index in [4.69, 9.17) is 10.5 Å². The first kappa shape index (κ1) is 14.2. The maximum Gasteiger partial charge on any atom is 0.0500 e. The van der Waals surface area contributed by atoms with Crippen LogP contribution in [-0.2, 0) is 11.3 Å². The molecule has 2 N–H and O–H groups in total. The maximum atomic E-state index is 5.66. The first-order valence-corrected chi connectivity index (χ1v) is 6.21. The minimum Gasteiger partial charge on any atom is -0.384 e. The Morgan fingerprint density at radius 1 is 1.29 bits per heavy atom. The summed E-state index contributed by atoms with van der Waals surface area (Å²) in [5.74, 6) is 0.537. The molecule has 96 valence electrons. The highest BCUT2D eigenvalue weighted by Gasteiger charge is 2.10. The molecule has 0 bridgehead atoms. The van der Waals surface area contributed by atoms with Gasteiger partial charge >= 0.3 is 0 Å². The van der Waals surface area contributed by atoms with Crippen LogP contribution in [0.2, 0.25) is 0 Å². The van der Waals surface area contributed by atoms with E-state index >= 15 is 0 Å². The molecule has 3 nitrogen and oxygen atoms in total. The lowest BCUT2D eigenvalue weighted by atomic mass is 10.1. The van der Waals surface area contributed by atoms with Crippen molar-refractivity contribution < 1.29 is 4.74 Å². The molecule has 3 heteroatoms. The summed E-state index contributed by atoms with van der Waals surface area (Å²) in [5.41, 5.74) is 7.00. The van der Waals surface area contributed by atoms with Crippen LogP contribution in [-0.4, -0.2) is 38.3 Å². The second kappa shape index (κ2) is 8.23. The normalized spacial score (nSPS) is 12.9. The van der Waals surface area contributed by atoms with Gasteiger partial charge in [0, 0.05) is 39.9 Å². The molecule has 0 fully saturated rings. The summed E-state index contributed by atoms with van der Waals surface area (Å²) in [5, 5.41) is 0. The average molecular weight is 236 g/mol. The lowest BCUT2D eigenvalue weighted by Crippen LogP contribution is -2.34. The summed E-state index contributed by atoms with van der Waals surface area (Å²) >= 11 is 0. The Hall–Kier alpha value is -0.900. The van der Waals surface area contributed by atoms with Gasteiger partial charge in [-0.1, -0.05) is 37.3 Å². The van der Waals surface area contributed by atoms with E-state index in [1.807, 2.05) is 6.07 Å². The minimum absolute atomic E-state index is 0.537. The third kappa shape index (κ3) is 5.82. The second-order valence-corrected chi connectivity index (χ2v) is 4.57. The van der Waals surface area contributed by atoms with Gasteiger partial charge in [0.15, 0.2) is 0 Å². The lowest BCUT2D eigenvalue weighted by Gasteiger charge is -2.25. The summed E-state index contributed by atoms with van der Waals surface area (Å²) in [6.45, 7) is 6.63. The third-order valence-electron chi connectivity index (χ3n) is 2.72. The van der Waals surface area contributed by atoms with E-state index in [1.165, 1.54) is 5.56 Å². The quantitative estimate of drug-likeness (QED) is 0.747. The summed E-state index contributed by atoms with van der Waals surface area (Å²) in [4.78, 5) is 2.39. The fourth-order valence-corrected chi connectivity index (χ4v) is 2.04. The molecule has 0 saturated carbocycles. The van der Waals surface area contributed by atoms with Crippen molar-refractivity contribution in [1.82, 2.24) is 4.90 Å². The molecular weight excluding hydrogens is 212 g/mol. The third-order valence-corrected chi connectivity index (χ3v) is 2.72. The van der Waals surface area contributed by atoms with Gasteiger partial charge in [0.05, 0.1) is 0 Å². The molecule has 0 amide bonds. The minimum atomic E-state index is 0.537. The maximum absolute atomic E-state index is 5.66. The number of hydrogen-bond acceptors (Lipinski definition) is 3. The van der Waals surface area contributed by atoms with Gasteiger partial charge < -0.3 is 10.5 Å². The molecule has 1 aromatic rings. The van der Waals surface area contributed by atoms with Gasteiger partial charge in [-0.15, -0.1) is 0 Å². The molecule has 0 aromatic heterocycles. The molecule has 0 saturated heterocycles. The molecule has 1 atom stereocenters. The van der Waals surface area contributed by atoms with Gasteiger partial charge in [-0.05, 0) is 11.5 Å². The molecule has 0 radical (unpaired) electrons. The summed E-state index contributed by atoms with van der Waals surface area (Å²) in [6, 6.07) is 10.5. The zero-order valence-electron chi connectivity index (χ0n) is 10.9. The zero-order valence-corrected chi connectivity index (χ0v) is 10.9. The largest absolute Gasteiger partial charge is 0.384 e. The van der Waals surface area contributed by atoms with Crippen molar-refractivity contribution in [2.24, 2.45) is 11.7 Å². The van der Waals surface area contributed by atoms with Crippen molar-refractivity contribution in [3.05, 3.63) is 35.9 Å². The Labute approximate surface area is 105 Å². The molecule has 0 spiro atoms. The van der Waals surface area contributed by atoms with E-state index in [0.717, 1.165) is 26.2 Å². The number of hydrogen-bond donors (Lipinski definition) is 1. The second-order valence-electron chi connectivity index (χ2n) is 4.57. The smallest absolute Gasteiger partial charge is 0.0500 e. The van der Waals surface area contributed by atoms with Crippen LogP contribution in [0.15, 0.2) is 30.3 Å². The summed E-state index contributed by atoms with van der Waals surface area (Å²) in [6.07, 6.45) is 0. The standard InChI is InChI=1S/C14H24N2O/c1-13(12-17-2)10-16(9-8-15)11-14-6-4-3-5-7-14/h3-7,13H,8-12,15H2,1-2H3.